The fourth-order valence-electron chi connectivity index (χ4n) is 2.02. The maximum atomic E-state index is 5.96. The first-order valence-electron chi connectivity index (χ1n) is 5.55. The summed E-state index contributed by atoms with van der Waals surface area (Å²) in [6.07, 6.45) is 8.61. The van der Waals surface area contributed by atoms with Gasteiger partial charge in [0.05, 0.1) is 12.4 Å². The average Bonchev–Trinajstić information content (AvgIpc) is 2.81. The van der Waals surface area contributed by atoms with Crippen molar-refractivity contribution in [3.05, 3.63) is 30.1 Å². The zero-order valence-corrected chi connectivity index (χ0v) is 8.89. The highest BCUT2D eigenvalue weighted by Gasteiger charge is 2.17. The molecule has 1 fully saturated rings. The van der Waals surface area contributed by atoms with Gasteiger partial charge >= 0.3 is 0 Å². The number of nitrogens with two attached hydrogens (primary N) is 1. The van der Waals surface area contributed by atoms with Crippen LogP contribution in [0.5, 0.6) is 0 Å². The summed E-state index contributed by atoms with van der Waals surface area (Å²) in [6, 6.07) is 3.96. The second-order valence-electron chi connectivity index (χ2n) is 4.08. The molecule has 2 N–H and O–H groups in total. The molecule has 2 rings (SSSR count). The zero-order valence-electron chi connectivity index (χ0n) is 8.89. The summed E-state index contributed by atoms with van der Waals surface area (Å²) in [7, 11) is 0. The molecule has 1 heterocycles. The predicted octanol–water partition coefficient (Wildman–Crippen LogP) is 2.13. The summed E-state index contributed by atoms with van der Waals surface area (Å²) in [4.78, 5) is 8.41. The van der Waals surface area contributed by atoms with E-state index in [9.17, 15) is 0 Å². The average molecular weight is 203 g/mol. The zero-order chi connectivity index (χ0) is 10.5. The smallest absolute Gasteiger partial charge is 0.0972 e. The van der Waals surface area contributed by atoms with Gasteiger partial charge in [0.1, 0.15) is 0 Å². The van der Waals surface area contributed by atoms with Gasteiger partial charge in [-0.1, -0.05) is 12.8 Å². The normalized spacial score (nSPS) is 18.3. The van der Waals surface area contributed by atoms with Crippen molar-refractivity contribution in [2.24, 2.45) is 16.6 Å². The van der Waals surface area contributed by atoms with Crippen LogP contribution in [0.15, 0.2) is 29.5 Å². The highest BCUT2D eigenvalue weighted by molar-refractivity contribution is 5.83. The maximum Gasteiger partial charge on any atom is 0.0972 e. The molecule has 0 unspecified atom stereocenters. The summed E-state index contributed by atoms with van der Waals surface area (Å²) in [6.45, 7) is 0.685. The summed E-state index contributed by atoms with van der Waals surface area (Å²) < 4.78 is 0. The Morgan fingerprint density at radius 1 is 1.33 bits per heavy atom. The van der Waals surface area contributed by atoms with E-state index >= 15 is 0 Å². The van der Waals surface area contributed by atoms with Gasteiger partial charge in [0.15, 0.2) is 0 Å². The lowest BCUT2D eigenvalue weighted by molar-refractivity contribution is 0.715. The molecule has 1 aliphatic carbocycles. The van der Waals surface area contributed by atoms with E-state index in [1.54, 1.807) is 12.4 Å². The van der Waals surface area contributed by atoms with Crippen LogP contribution in [0.2, 0.25) is 0 Å². The van der Waals surface area contributed by atoms with Gasteiger partial charge in [-0.2, -0.15) is 0 Å². The SMILES string of the molecule is NC(=NCc1ccncc1)C1CCCC1. The van der Waals surface area contributed by atoms with Crippen LogP contribution in [-0.2, 0) is 6.54 Å². The molecular formula is C12H17N3. The molecule has 0 saturated heterocycles. The number of hydrogen-bond acceptors (Lipinski definition) is 2. The minimum Gasteiger partial charge on any atom is -0.387 e. The molecule has 3 nitrogen and oxygen atoms in total. The van der Waals surface area contributed by atoms with Crippen LogP contribution in [-0.4, -0.2) is 10.8 Å². The first-order chi connectivity index (χ1) is 7.36. The summed E-state index contributed by atoms with van der Waals surface area (Å²) >= 11 is 0. The van der Waals surface area contributed by atoms with Gasteiger partial charge in [0, 0.05) is 18.3 Å². The Balaban J connectivity index is 1.93. The van der Waals surface area contributed by atoms with Crippen LogP contribution in [0, 0.1) is 5.92 Å². The van der Waals surface area contributed by atoms with Crippen LogP contribution in [0.4, 0.5) is 0 Å². The number of aliphatic imine (C=N–C) groups is 1. The quantitative estimate of drug-likeness (QED) is 0.604. The predicted molar refractivity (Wildman–Crippen MR) is 61.5 cm³/mol. The molecule has 0 radical (unpaired) electrons. The Labute approximate surface area is 90.4 Å². The fraction of sp³-hybridized carbons (Fsp3) is 0.500. The minimum atomic E-state index is 0.534. The largest absolute Gasteiger partial charge is 0.387 e. The Morgan fingerprint density at radius 3 is 2.67 bits per heavy atom. The van der Waals surface area contributed by atoms with Crippen LogP contribution in [0.3, 0.4) is 0 Å². The summed E-state index contributed by atoms with van der Waals surface area (Å²) in [5.41, 5.74) is 7.13. The second kappa shape index (κ2) is 4.91. The monoisotopic (exact) mass is 203 g/mol. The van der Waals surface area contributed by atoms with Crippen molar-refractivity contribution in [1.29, 1.82) is 0 Å². The molecule has 0 aromatic carbocycles. The van der Waals surface area contributed by atoms with Crippen LogP contribution in [0.1, 0.15) is 31.2 Å². The van der Waals surface area contributed by atoms with Crippen molar-refractivity contribution in [3.8, 4) is 0 Å². The van der Waals surface area contributed by atoms with E-state index in [0.29, 0.717) is 12.5 Å². The topological polar surface area (TPSA) is 51.3 Å². The van der Waals surface area contributed by atoms with Crippen molar-refractivity contribution >= 4 is 5.84 Å². The molecule has 0 aliphatic heterocycles. The lowest BCUT2D eigenvalue weighted by atomic mass is 10.1. The van der Waals surface area contributed by atoms with Crippen molar-refractivity contribution in [2.45, 2.75) is 32.2 Å². The molecule has 1 aromatic heterocycles. The molecule has 3 heteroatoms. The molecular weight excluding hydrogens is 186 g/mol. The van der Waals surface area contributed by atoms with E-state index < -0.39 is 0 Å². The molecule has 0 bridgehead atoms. The Morgan fingerprint density at radius 2 is 2.00 bits per heavy atom. The van der Waals surface area contributed by atoms with Gasteiger partial charge in [-0.3, -0.25) is 9.98 Å². The van der Waals surface area contributed by atoms with Crippen molar-refractivity contribution in [3.63, 3.8) is 0 Å². The third kappa shape index (κ3) is 2.78. The van der Waals surface area contributed by atoms with E-state index in [-0.39, 0.29) is 0 Å². The molecule has 0 spiro atoms. The number of nitrogens with zero attached hydrogens (tertiary/aromatic N) is 2. The molecule has 1 saturated carbocycles. The van der Waals surface area contributed by atoms with Crippen molar-refractivity contribution in [1.82, 2.24) is 4.98 Å². The van der Waals surface area contributed by atoms with Gasteiger partial charge in [-0.25, -0.2) is 0 Å². The number of amidine groups is 1. The second-order valence-corrected chi connectivity index (χ2v) is 4.08. The Hall–Kier alpha value is -1.38. The van der Waals surface area contributed by atoms with Crippen LogP contribution >= 0.6 is 0 Å². The first kappa shape index (κ1) is 10.1. The third-order valence-electron chi connectivity index (χ3n) is 2.97. The highest BCUT2D eigenvalue weighted by Crippen LogP contribution is 2.24. The third-order valence-corrected chi connectivity index (χ3v) is 2.97. The first-order valence-corrected chi connectivity index (χ1v) is 5.55. The molecule has 1 aliphatic rings. The van der Waals surface area contributed by atoms with Crippen molar-refractivity contribution in [2.75, 3.05) is 0 Å². The summed E-state index contributed by atoms with van der Waals surface area (Å²) in [5.74, 6) is 1.37. The van der Waals surface area contributed by atoms with Crippen molar-refractivity contribution < 1.29 is 0 Å². The maximum absolute atomic E-state index is 5.96. The van der Waals surface area contributed by atoms with E-state index in [2.05, 4.69) is 9.98 Å². The van der Waals surface area contributed by atoms with Gasteiger partial charge < -0.3 is 5.73 Å². The Kier molecular flexibility index (Phi) is 3.33. The Bertz CT molecular complexity index is 326. The van der Waals surface area contributed by atoms with E-state index in [0.717, 1.165) is 5.84 Å². The number of rotatable bonds is 3. The standard InChI is InChI=1S/C12H17N3/c13-12(11-3-1-2-4-11)15-9-10-5-7-14-8-6-10/h5-8,11H,1-4,9H2,(H2,13,15). The number of hydrogen-bond donors (Lipinski definition) is 1. The molecule has 80 valence electrons. The molecule has 15 heavy (non-hydrogen) atoms. The van der Waals surface area contributed by atoms with E-state index in [1.807, 2.05) is 12.1 Å². The van der Waals surface area contributed by atoms with Gasteiger partial charge in [-0.15, -0.1) is 0 Å². The van der Waals surface area contributed by atoms with Gasteiger partial charge in [0.2, 0.25) is 0 Å². The lowest BCUT2D eigenvalue weighted by Gasteiger charge is -2.07. The summed E-state index contributed by atoms with van der Waals surface area (Å²) in [5, 5.41) is 0. The fourth-order valence-corrected chi connectivity index (χ4v) is 2.02. The van der Waals surface area contributed by atoms with Crippen LogP contribution < -0.4 is 5.73 Å². The minimum absolute atomic E-state index is 0.534. The number of aromatic nitrogens is 1. The van der Waals surface area contributed by atoms with Gasteiger partial charge in [0.25, 0.3) is 0 Å². The molecule has 1 aromatic rings. The van der Waals surface area contributed by atoms with E-state index in [4.69, 9.17) is 5.73 Å². The lowest BCUT2D eigenvalue weighted by Crippen LogP contribution is -2.21. The molecule has 0 amide bonds. The van der Waals surface area contributed by atoms with Gasteiger partial charge in [-0.05, 0) is 30.5 Å². The highest BCUT2D eigenvalue weighted by atomic mass is 14.9. The number of pyridine rings is 1. The van der Waals surface area contributed by atoms with Crippen LogP contribution in [0.25, 0.3) is 0 Å². The molecule has 0 atom stereocenters. The van der Waals surface area contributed by atoms with E-state index in [1.165, 1.54) is 31.2 Å².